The number of hydrogen-bond donors (Lipinski definition) is 1. The summed E-state index contributed by atoms with van der Waals surface area (Å²) in [6, 6.07) is 13.8. The number of ketones is 1. The molecule has 0 aliphatic heterocycles. The number of rotatable bonds is 7. The van der Waals surface area contributed by atoms with Gasteiger partial charge in [0.15, 0.2) is 5.65 Å². The van der Waals surface area contributed by atoms with Gasteiger partial charge in [-0.3, -0.25) is 4.79 Å². The fraction of sp³-hybridized carbons (Fsp3) is 0.174. The number of nitrogens with zero attached hydrogens (tertiary/aromatic N) is 3. The van der Waals surface area contributed by atoms with E-state index < -0.39 is 0 Å². The predicted octanol–water partition coefficient (Wildman–Crippen LogP) is 5.46. The van der Waals surface area contributed by atoms with E-state index in [4.69, 9.17) is 0 Å². The van der Waals surface area contributed by atoms with Gasteiger partial charge < -0.3 is 5.32 Å². The van der Waals surface area contributed by atoms with Gasteiger partial charge in [0, 0.05) is 24.0 Å². The van der Waals surface area contributed by atoms with Crippen LogP contribution in [0.2, 0.25) is 0 Å². The van der Waals surface area contributed by atoms with Crippen LogP contribution in [0.1, 0.15) is 35.5 Å². The lowest BCUT2D eigenvalue weighted by atomic mass is 10.1. The van der Waals surface area contributed by atoms with Gasteiger partial charge in [-0.2, -0.15) is 5.10 Å². The molecule has 0 bridgehead atoms. The molecule has 0 amide bonds. The van der Waals surface area contributed by atoms with Crippen molar-refractivity contribution in [1.29, 1.82) is 0 Å². The molecule has 4 aromatic rings. The fourth-order valence-corrected chi connectivity index (χ4v) is 3.94. The third-order valence-electron chi connectivity index (χ3n) is 4.67. The first-order valence-electron chi connectivity index (χ1n) is 9.58. The standard InChI is InChI=1S/C23H22N4OS/c1-3-6-16(2)14-25-18-8-4-7-17(13-18)20-10-11-24-23-19(15-26-27(20)23)22(28)21-9-5-12-29-21/h4-13,15,25H,3,14H2,1-2H3. The molecule has 0 aliphatic rings. The normalized spacial score (nSPS) is 11.7. The van der Waals surface area contributed by atoms with Gasteiger partial charge in [0.2, 0.25) is 5.78 Å². The third kappa shape index (κ3) is 3.98. The van der Waals surface area contributed by atoms with E-state index in [1.54, 1.807) is 16.9 Å². The van der Waals surface area contributed by atoms with Crippen molar-refractivity contribution in [3.8, 4) is 11.3 Å². The number of nitrogens with one attached hydrogen (secondary N) is 1. The molecule has 1 N–H and O–H groups in total. The van der Waals surface area contributed by atoms with E-state index in [9.17, 15) is 4.79 Å². The zero-order valence-corrected chi connectivity index (χ0v) is 17.2. The average Bonchev–Trinajstić information content (AvgIpc) is 3.42. The van der Waals surface area contributed by atoms with E-state index in [0.717, 1.165) is 29.9 Å². The highest BCUT2D eigenvalue weighted by Crippen LogP contribution is 2.25. The van der Waals surface area contributed by atoms with Gasteiger partial charge in [-0.05, 0) is 43.0 Å². The Morgan fingerprint density at radius 2 is 2.14 bits per heavy atom. The lowest BCUT2D eigenvalue weighted by Crippen LogP contribution is -2.03. The highest BCUT2D eigenvalue weighted by molar-refractivity contribution is 7.12. The summed E-state index contributed by atoms with van der Waals surface area (Å²) in [4.78, 5) is 17.9. The highest BCUT2D eigenvalue weighted by atomic mass is 32.1. The van der Waals surface area contributed by atoms with E-state index in [2.05, 4.69) is 47.5 Å². The molecule has 5 nitrogen and oxygen atoms in total. The molecule has 0 atom stereocenters. The maximum absolute atomic E-state index is 12.8. The van der Waals surface area contributed by atoms with Crippen LogP contribution in [0.15, 0.2) is 71.9 Å². The molecule has 0 fully saturated rings. The van der Waals surface area contributed by atoms with Crippen molar-refractivity contribution < 1.29 is 4.79 Å². The predicted molar refractivity (Wildman–Crippen MR) is 119 cm³/mol. The molecule has 0 saturated heterocycles. The first-order valence-corrected chi connectivity index (χ1v) is 10.5. The summed E-state index contributed by atoms with van der Waals surface area (Å²) in [5.74, 6) is -0.0479. The Labute approximate surface area is 173 Å². The average molecular weight is 403 g/mol. The van der Waals surface area contributed by atoms with Gasteiger partial charge in [-0.15, -0.1) is 11.3 Å². The van der Waals surface area contributed by atoms with Crippen LogP contribution in [-0.2, 0) is 0 Å². The van der Waals surface area contributed by atoms with E-state index in [-0.39, 0.29) is 5.78 Å². The third-order valence-corrected chi connectivity index (χ3v) is 5.54. The summed E-state index contributed by atoms with van der Waals surface area (Å²) in [6.45, 7) is 5.08. The lowest BCUT2D eigenvalue weighted by molar-refractivity contribution is 0.104. The van der Waals surface area contributed by atoms with Crippen LogP contribution < -0.4 is 5.32 Å². The molecular weight excluding hydrogens is 380 g/mol. The van der Waals surface area contributed by atoms with E-state index in [0.29, 0.717) is 16.1 Å². The van der Waals surface area contributed by atoms with Gasteiger partial charge in [0.25, 0.3) is 0 Å². The Morgan fingerprint density at radius 1 is 1.24 bits per heavy atom. The Bertz CT molecular complexity index is 1170. The van der Waals surface area contributed by atoms with E-state index in [1.807, 2.05) is 35.7 Å². The molecule has 29 heavy (non-hydrogen) atoms. The number of carbonyl (C=O) groups excluding carboxylic acids is 1. The van der Waals surface area contributed by atoms with Crippen LogP contribution in [0.3, 0.4) is 0 Å². The number of aromatic nitrogens is 3. The molecule has 0 aliphatic carbocycles. The molecule has 0 radical (unpaired) electrons. The first kappa shape index (κ1) is 19.1. The Balaban J connectivity index is 1.67. The van der Waals surface area contributed by atoms with Crippen molar-refractivity contribution >= 4 is 28.5 Å². The van der Waals surface area contributed by atoms with Crippen molar-refractivity contribution in [1.82, 2.24) is 14.6 Å². The lowest BCUT2D eigenvalue weighted by Gasteiger charge is -2.10. The maximum Gasteiger partial charge on any atom is 0.208 e. The number of fused-ring (bicyclic) bond motifs is 1. The SMILES string of the molecule is CCC=C(C)CNc1cccc(-c2ccnc3c(C(=O)c4cccs4)cnn23)c1. The molecule has 3 aromatic heterocycles. The molecule has 146 valence electrons. The van der Waals surface area contributed by atoms with Crippen LogP contribution in [-0.4, -0.2) is 26.9 Å². The molecule has 6 heteroatoms. The monoisotopic (exact) mass is 402 g/mol. The van der Waals surface area contributed by atoms with Crippen LogP contribution in [0.4, 0.5) is 5.69 Å². The number of thiophene rings is 1. The summed E-state index contributed by atoms with van der Waals surface area (Å²) >= 11 is 1.42. The minimum Gasteiger partial charge on any atom is -0.381 e. The van der Waals surface area contributed by atoms with Crippen LogP contribution in [0.25, 0.3) is 16.9 Å². The molecule has 1 aromatic carbocycles. The number of hydrogen-bond acceptors (Lipinski definition) is 5. The number of allylic oxidation sites excluding steroid dienone is 1. The molecule has 0 unspecified atom stereocenters. The van der Waals surface area contributed by atoms with Gasteiger partial charge in [0.1, 0.15) is 0 Å². The highest BCUT2D eigenvalue weighted by Gasteiger charge is 2.18. The second-order valence-electron chi connectivity index (χ2n) is 6.82. The summed E-state index contributed by atoms with van der Waals surface area (Å²) in [7, 11) is 0. The van der Waals surface area contributed by atoms with Crippen LogP contribution in [0, 0.1) is 0 Å². The minimum absolute atomic E-state index is 0.0479. The van der Waals surface area contributed by atoms with Crippen molar-refractivity contribution in [2.24, 2.45) is 0 Å². The number of benzene rings is 1. The quantitative estimate of drug-likeness (QED) is 0.329. The fourth-order valence-electron chi connectivity index (χ4n) is 3.26. The van der Waals surface area contributed by atoms with Crippen LogP contribution >= 0.6 is 11.3 Å². The summed E-state index contributed by atoms with van der Waals surface area (Å²) in [5, 5.41) is 9.82. The summed E-state index contributed by atoms with van der Waals surface area (Å²) in [6.07, 6.45) is 6.59. The zero-order chi connectivity index (χ0) is 20.2. The molecular formula is C23H22N4OS. The van der Waals surface area contributed by atoms with Crippen molar-refractivity contribution in [3.63, 3.8) is 0 Å². The van der Waals surface area contributed by atoms with Gasteiger partial charge in [-0.1, -0.05) is 36.8 Å². The number of anilines is 1. The molecule has 0 spiro atoms. The topological polar surface area (TPSA) is 59.3 Å². The molecule has 4 rings (SSSR count). The number of carbonyl (C=O) groups is 1. The first-order chi connectivity index (χ1) is 14.2. The zero-order valence-electron chi connectivity index (χ0n) is 16.4. The summed E-state index contributed by atoms with van der Waals surface area (Å²) < 4.78 is 1.74. The van der Waals surface area contributed by atoms with Gasteiger partial charge in [-0.25, -0.2) is 9.50 Å². The Hall–Kier alpha value is -3.25. The molecule has 3 heterocycles. The maximum atomic E-state index is 12.8. The molecule has 0 saturated carbocycles. The second kappa shape index (κ2) is 8.41. The largest absolute Gasteiger partial charge is 0.381 e. The van der Waals surface area contributed by atoms with Crippen LogP contribution in [0.5, 0.6) is 0 Å². The summed E-state index contributed by atoms with van der Waals surface area (Å²) in [5.41, 5.74) is 5.35. The van der Waals surface area contributed by atoms with Gasteiger partial charge >= 0.3 is 0 Å². The Morgan fingerprint density at radius 3 is 2.93 bits per heavy atom. The van der Waals surface area contributed by atoms with E-state index in [1.165, 1.54) is 16.9 Å². The van der Waals surface area contributed by atoms with E-state index >= 15 is 0 Å². The van der Waals surface area contributed by atoms with Crippen molar-refractivity contribution in [2.45, 2.75) is 20.3 Å². The smallest absolute Gasteiger partial charge is 0.208 e. The van der Waals surface area contributed by atoms with Crippen molar-refractivity contribution in [2.75, 3.05) is 11.9 Å². The second-order valence-corrected chi connectivity index (χ2v) is 7.77. The van der Waals surface area contributed by atoms with Crippen molar-refractivity contribution in [3.05, 3.63) is 82.3 Å². The minimum atomic E-state index is -0.0479. The Kier molecular flexibility index (Phi) is 5.53. The van der Waals surface area contributed by atoms with Gasteiger partial charge in [0.05, 0.1) is 22.3 Å².